The highest BCUT2D eigenvalue weighted by Gasteiger charge is 2.16. The minimum atomic E-state index is -3.34. The van der Waals surface area contributed by atoms with Crippen molar-refractivity contribution in [3.8, 4) is 0 Å². The molecule has 114 valence electrons. The van der Waals surface area contributed by atoms with Gasteiger partial charge in [0, 0.05) is 36.9 Å². The summed E-state index contributed by atoms with van der Waals surface area (Å²) in [5.41, 5.74) is 1.07. The summed E-state index contributed by atoms with van der Waals surface area (Å²) < 4.78 is 25.1. The van der Waals surface area contributed by atoms with Crippen molar-refractivity contribution < 1.29 is 8.42 Å². The number of sulfonamides is 1. The predicted molar refractivity (Wildman–Crippen MR) is 86.9 cm³/mol. The molecule has 0 saturated carbocycles. The highest BCUT2D eigenvalue weighted by atomic mass is 32.2. The summed E-state index contributed by atoms with van der Waals surface area (Å²) in [6.45, 7) is 3.65. The summed E-state index contributed by atoms with van der Waals surface area (Å²) in [7, 11) is -0.269. The Morgan fingerprint density at radius 3 is 2.24 bits per heavy atom. The van der Waals surface area contributed by atoms with Crippen LogP contribution >= 0.6 is 11.3 Å². The topological polar surface area (TPSA) is 49.4 Å². The first-order valence-corrected chi connectivity index (χ1v) is 8.93. The third-order valence-electron chi connectivity index (χ3n) is 3.13. The second kappa shape index (κ2) is 6.70. The average Bonchev–Trinajstić information content (AvgIpc) is 2.85. The summed E-state index contributed by atoms with van der Waals surface area (Å²) in [5.74, 6) is 0. The number of aryl methyl sites for hydroxylation is 1. The highest BCUT2D eigenvalue weighted by molar-refractivity contribution is 7.89. The number of benzene rings is 1. The van der Waals surface area contributed by atoms with Crippen molar-refractivity contribution in [3.05, 3.63) is 51.7 Å². The summed E-state index contributed by atoms with van der Waals surface area (Å²) in [5, 5.41) is 3.36. The highest BCUT2D eigenvalue weighted by Crippen LogP contribution is 2.16. The fourth-order valence-electron chi connectivity index (χ4n) is 1.90. The molecule has 0 unspecified atom stereocenters. The monoisotopic (exact) mass is 324 g/mol. The van der Waals surface area contributed by atoms with Gasteiger partial charge in [0.25, 0.3) is 0 Å². The van der Waals surface area contributed by atoms with Crippen molar-refractivity contribution >= 4 is 21.4 Å². The van der Waals surface area contributed by atoms with Gasteiger partial charge in [-0.05, 0) is 36.8 Å². The Bertz CT molecular complexity index is 689. The van der Waals surface area contributed by atoms with Crippen LogP contribution in [-0.4, -0.2) is 26.8 Å². The fourth-order valence-corrected chi connectivity index (χ4v) is 3.66. The third-order valence-corrected chi connectivity index (χ3v) is 5.96. The van der Waals surface area contributed by atoms with Gasteiger partial charge in [-0.3, -0.25) is 0 Å². The summed E-state index contributed by atoms with van der Waals surface area (Å²) in [4.78, 5) is 2.94. The third kappa shape index (κ3) is 4.14. The first-order chi connectivity index (χ1) is 9.89. The molecular formula is C15H20N2O2S2. The SMILES string of the molecule is Cc1ccc(CNCc2ccc(S(=O)(=O)N(C)C)cc2)s1. The lowest BCUT2D eigenvalue weighted by Crippen LogP contribution is -2.22. The molecule has 2 rings (SSSR count). The molecule has 0 spiro atoms. The number of nitrogens with zero attached hydrogens (tertiary/aromatic N) is 1. The normalized spacial score (nSPS) is 12.0. The first kappa shape index (κ1) is 16.2. The molecule has 0 saturated heterocycles. The van der Waals surface area contributed by atoms with Crippen LogP contribution in [0.4, 0.5) is 0 Å². The first-order valence-electron chi connectivity index (χ1n) is 6.67. The quantitative estimate of drug-likeness (QED) is 0.888. The van der Waals surface area contributed by atoms with E-state index in [1.54, 1.807) is 23.5 Å². The van der Waals surface area contributed by atoms with Gasteiger partial charge in [-0.15, -0.1) is 11.3 Å². The largest absolute Gasteiger partial charge is 0.308 e. The lowest BCUT2D eigenvalue weighted by atomic mass is 10.2. The molecule has 21 heavy (non-hydrogen) atoms. The zero-order valence-electron chi connectivity index (χ0n) is 12.5. The average molecular weight is 324 g/mol. The van der Waals surface area contributed by atoms with Crippen LogP contribution in [0.1, 0.15) is 15.3 Å². The molecule has 0 amide bonds. The van der Waals surface area contributed by atoms with Gasteiger partial charge in [0.2, 0.25) is 10.0 Å². The molecule has 1 aromatic carbocycles. The zero-order valence-corrected chi connectivity index (χ0v) is 14.1. The Balaban J connectivity index is 1.94. The molecule has 0 atom stereocenters. The van der Waals surface area contributed by atoms with Crippen molar-refractivity contribution in [1.29, 1.82) is 0 Å². The van der Waals surface area contributed by atoms with Crippen molar-refractivity contribution in [2.24, 2.45) is 0 Å². The van der Waals surface area contributed by atoms with Crippen LogP contribution in [0.15, 0.2) is 41.3 Å². The molecule has 0 radical (unpaired) electrons. The van der Waals surface area contributed by atoms with E-state index in [0.717, 1.165) is 18.7 Å². The minimum Gasteiger partial charge on any atom is -0.308 e. The maximum Gasteiger partial charge on any atom is 0.242 e. The van der Waals surface area contributed by atoms with Gasteiger partial charge in [0.05, 0.1) is 4.90 Å². The molecule has 0 aliphatic rings. The van der Waals surface area contributed by atoms with Crippen LogP contribution in [0.3, 0.4) is 0 Å². The molecule has 0 fully saturated rings. The Morgan fingerprint density at radius 1 is 1.05 bits per heavy atom. The van der Waals surface area contributed by atoms with Gasteiger partial charge in [-0.25, -0.2) is 12.7 Å². The second-order valence-electron chi connectivity index (χ2n) is 5.05. The number of thiophene rings is 1. The van der Waals surface area contributed by atoms with Crippen LogP contribution in [0.5, 0.6) is 0 Å². The van der Waals surface area contributed by atoms with Crippen molar-refractivity contribution in [1.82, 2.24) is 9.62 Å². The van der Waals surface area contributed by atoms with Gasteiger partial charge < -0.3 is 5.32 Å². The van der Waals surface area contributed by atoms with E-state index in [9.17, 15) is 8.42 Å². The Hall–Kier alpha value is -1.21. The fraction of sp³-hybridized carbons (Fsp3) is 0.333. The Kier molecular flexibility index (Phi) is 5.16. The molecule has 4 nitrogen and oxygen atoms in total. The van der Waals surface area contributed by atoms with E-state index in [2.05, 4.69) is 24.4 Å². The van der Waals surface area contributed by atoms with E-state index in [1.165, 1.54) is 28.2 Å². The van der Waals surface area contributed by atoms with Crippen molar-refractivity contribution in [2.45, 2.75) is 24.9 Å². The maximum atomic E-state index is 12.0. The van der Waals surface area contributed by atoms with Crippen molar-refractivity contribution in [3.63, 3.8) is 0 Å². The molecule has 0 bridgehead atoms. The molecule has 2 aromatic rings. The summed E-state index contributed by atoms with van der Waals surface area (Å²) in [6.07, 6.45) is 0. The minimum absolute atomic E-state index is 0.324. The molecule has 1 heterocycles. The summed E-state index contributed by atoms with van der Waals surface area (Å²) in [6, 6.07) is 11.2. The number of hydrogen-bond donors (Lipinski definition) is 1. The van der Waals surface area contributed by atoms with Crippen LogP contribution in [0.2, 0.25) is 0 Å². The molecule has 1 N–H and O–H groups in total. The standard InChI is InChI=1S/C15H20N2O2S2/c1-12-4-7-14(20-12)11-16-10-13-5-8-15(9-6-13)21(18,19)17(2)3/h4-9,16H,10-11H2,1-3H3. The summed E-state index contributed by atoms with van der Waals surface area (Å²) >= 11 is 1.78. The molecule has 0 aliphatic heterocycles. The number of nitrogens with one attached hydrogen (secondary N) is 1. The Morgan fingerprint density at radius 2 is 1.71 bits per heavy atom. The molecule has 0 aliphatic carbocycles. The lowest BCUT2D eigenvalue weighted by molar-refractivity contribution is 0.520. The van der Waals surface area contributed by atoms with Gasteiger partial charge in [0.1, 0.15) is 0 Å². The van der Waals surface area contributed by atoms with Crippen LogP contribution in [-0.2, 0) is 23.1 Å². The van der Waals surface area contributed by atoms with E-state index < -0.39 is 10.0 Å². The van der Waals surface area contributed by atoms with E-state index in [0.29, 0.717) is 4.90 Å². The zero-order chi connectivity index (χ0) is 15.5. The van der Waals surface area contributed by atoms with Crippen LogP contribution in [0, 0.1) is 6.92 Å². The maximum absolute atomic E-state index is 12.0. The lowest BCUT2D eigenvalue weighted by Gasteiger charge is -2.11. The predicted octanol–water partition coefficient (Wildman–Crippen LogP) is 2.60. The molecule has 1 aromatic heterocycles. The molecular weight excluding hydrogens is 304 g/mol. The van der Waals surface area contributed by atoms with Gasteiger partial charge in [0.15, 0.2) is 0 Å². The van der Waals surface area contributed by atoms with E-state index in [1.807, 2.05) is 12.1 Å². The van der Waals surface area contributed by atoms with Gasteiger partial charge in [-0.1, -0.05) is 12.1 Å². The van der Waals surface area contributed by atoms with Gasteiger partial charge in [-0.2, -0.15) is 0 Å². The van der Waals surface area contributed by atoms with Gasteiger partial charge >= 0.3 is 0 Å². The van der Waals surface area contributed by atoms with E-state index >= 15 is 0 Å². The second-order valence-corrected chi connectivity index (χ2v) is 8.57. The van der Waals surface area contributed by atoms with Crippen LogP contribution < -0.4 is 5.32 Å². The Labute approximate surface area is 130 Å². The molecule has 6 heteroatoms. The van der Waals surface area contributed by atoms with E-state index in [-0.39, 0.29) is 0 Å². The number of rotatable bonds is 6. The van der Waals surface area contributed by atoms with Crippen LogP contribution in [0.25, 0.3) is 0 Å². The number of hydrogen-bond acceptors (Lipinski definition) is 4. The van der Waals surface area contributed by atoms with E-state index in [4.69, 9.17) is 0 Å². The smallest absolute Gasteiger partial charge is 0.242 e. The van der Waals surface area contributed by atoms with Crippen molar-refractivity contribution in [2.75, 3.05) is 14.1 Å².